The number of hydrogen-bond donors (Lipinski definition) is 1. The molecule has 1 aromatic rings. The van der Waals surface area contributed by atoms with Crippen molar-refractivity contribution in [1.29, 1.82) is 0 Å². The van der Waals surface area contributed by atoms with Crippen LogP contribution < -0.4 is 10.1 Å². The molecule has 19 heavy (non-hydrogen) atoms. The van der Waals surface area contributed by atoms with Gasteiger partial charge in [-0.2, -0.15) is 0 Å². The van der Waals surface area contributed by atoms with Gasteiger partial charge in [0.2, 0.25) is 0 Å². The van der Waals surface area contributed by atoms with Crippen LogP contribution in [0.25, 0.3) is 0 Å². The lowest BCUT2D eigenvalue weighted by Crippen LogP contribution is -2.48. The molecule has 0 radical (unpaired) electrons. The minimum absolute atomic E-state index is 0.0347. The maximum Gasteiger partial charge on any atom is 0.123 e. The first kappa shape index (κ1) is 12.9. The summed E-state index contributed by atoms with van der Waals surface area (Å²) in [4.78, 5) is 2.38. The van der Waals surface area contributed by atoms with Crippen molar-refractivity contribution >= 4 is 0 Å². The molecule has 1 N–H and O–H groups in total. The first-order valence-corrected chi connectivity index (χ1v) is 7.35. The number of ether oxygens (including phenoxy) is 1. The Kier molecular flexibility index (Phi) is 3.50. The summed E-state index contributed by atoms with van der Waals surface area (Å²) < 4.78 is 6.44. The minimum Gasteiger partial charge on any atom is -0.486 e. The number of fused-ring (bicyclic) bond motifs is 1. The molecule has 1 fully saturated rings. The summed E-state index contributed by atoms with van der Waals surface area (Å²) in [6.07, 6.45) is 3.46. The molecule has 2 heterocycles. The van der Waals surface area contributed by atoms with Crippen molar-refractivity contribution in [3.63, 3.8) is 0 Å². The summed E-state index contributed by atoms with van der Waals surface area (Å²) in [5, 5.41) is 3.42. The van der Waals surface area contributed by atoms with Crippen LogP contribution in [0.15, 0.2) is 18.2 Å². The third-order valence-electron chi connectivity index (χ3n) is 4.30. The molecule has 0 bridgehead atoms. The fourth-order valence-electron chi connectivity index (χ4n) is 3.39. The van der Waals surface area contributed by atoms with E-state index < -0.39 is 0 Å². The summed E-state index contributed by atoms with van der Waals surface area (Å²) in [5.74, 6) is 1.11. The Balaban J connectivity index is 1.83. The Hall–Kier alpha value is -1.06. The molecule has 0 saturated carbocycles. The maximum absolute atomic E-state index is 6.44. The second-order valence-corrected chi connectivity index (χ2v) is 6.21. The van der Waals surface area contributed by atoms with Gasteiger partial charge < -0.3 is 15.0 Å². The number of likely N-dealkylation sites (N-methyl/N-ethyl adjacent to an activating group) is 1. The van der Waals surface area contributed by atoms with Gasteiger partial charge in [0, 0.05) is 13.1 Å². The molecule has 1 unspecified atom stereocenters. The molecular formula is C16H24N2O. The number of nitrogens with zero attached hydrogens (tertiary/aromatic N) is 1. The smallest absolute Gasteiger partial charge is 0.123 e. The third kappa shape index (κ3) is 2.77. The summed E-state index contributed by atoms with van der Waals surface area (Å²) in [7, 11) is 2.19. The van der Waals surface area contributed by atoms with Crippen molar-refractivity contribution in [2.45, 2.75) is 38.3 Å². The van der Waals surface area contributed by atoms with Gasteiger partial charge >= 0.3 is 0 Å². The fraction of sp³-hybridized carbons (Fsp3) is 0.625. The lowest BCUT2D eigenvalue weighted by atomic mass is 9.94. The van der Waals surface area contributed by atoms with Crippen molar-refractivity contribution in [1.82, 2.24) is 10.2 Å². The van der Waals surface area contributed by atoms with Gasteiger partial charge in [0.05, 0.1) is 0 Å². The van der Waals surface area contributed by atoms with Gasteiger partial charge in [-0.1, -0.05) is 12.1 Å². The van der Waals surface area contributed by atoms with E-state index in [2.05, 4.69) is 42.4 Å². The van der Waals surface area contributed by atoms with Crippen LogP contribution in [0, 0.1) is 0 Å². The summed E-state index contributed by atoms with van der Waals surface area (Å²) in [6, 6.07) is 6.48. The van der Waals surface area contributed by atoms with Crippen molar-refractivity contribution < 1.29 is 4.74 Å². The van der Waals surface area contributed by atoms with Gasteiger partial charge in [0.15, 0.2) is 0 Å². The van der Waals surface area contributed by atoms with Crippen molar-refractivity contribution in [3.05, 3.63) is 29.3 Å². The zero-order valence-electron chi connectivity index (χ0n) is 12.0. The molecule has 1 saturated heterocycles. The topological polar surface area (TPSA) is 24.5 Å². The highest BCUT2D eigenvalue weighted by Crippen LogP contribution is 2.31. The second-order valence-electron chi connectivity index (χ2n) is 6.21. The summed E-state index contributed by atoms with van der Waals surface area (Å²) in [6.45, 7) is 6.50. The van der Waals surface area contributed by atoms with Crippen LogP contribution >= 0.6 is 0 Å². The van der Waals surface area contributed by atoms with E-state index in [4.69, 9.17) is 4.74 Å². The Morgan fingerprint density at radius 3 is 3.11 bits per heavy atom. The SMILES string of the molecule is CN1CCCC(C)(Oc2cccc3c2CCNC3)C1. The van der Waals surface area contributed by atoms with Gasteiger partial charge in [-0.05, 0) is 63.5 Å². The molecule has 0 aromatic heterocycles. The van der Waals surface area contributed by atoms with E-state index in [0.29, 0.717) is 0 Å². The molecule has 1 atom stereocenters. The number of hydrogen-bond acceptors (Lipinski definition) is 3. The Morgan fingerprint density at radius 2 is 2.26 bits per heavy atom. The molecule has 0 spiro atoms. The normalized spacial score (nSPS) is 27.9. The first-order chi connectivity index (χ1) is 9.16. The van der Waals surface area contributed by atoms with Crippen LogP contribution in [0.5, 0.6) is 5.75 Å². The lowest BCUT2D eigenvalue weighted by Gasteiger charge is -2.39. The molecule has 3 heteroatoms. The molecule has 0 aliphatic carbocycles. The van der Waals surface area contributed by atoms with E-state index in [1.807, 2.05) is 0 Å². The standard InChI is InChI=1S/C16H24N2O/c1-16(8-4-10-18(2)12-16)19-15-6-3-5-13-11-17-9-7-14(13)15/h3,5-6,17H,4,7-12H2,1-2H3. The Morgan fingerprint density at radius 1 is 1.37 bits per heavy atom. The van der Waals surface area contributed by atoms with Crippen LogP contribution in [0.3, 0.4) is 0 Å². The van der Waals surface area contributed by atoms with E-state index >= 15 is 0 Å². The number of nitrogens with one attached hydrogen (secondary N) is 1. The van der Waals surface area contributed by atoms with E-state index in [-0.39, 0.29) is 5.60 Å². The number of piperidine rings is 1. The average Bonchev–Trinajstić information content (AvgIpc) is 2.38. The van der Waals surface area contributed by atoms with Crippen LogP contribution in [0.2, 0.25) is 0 Å². The first-order valence-electron chi connectivity index (χ1n) is 7.35. The number of rotatable bonds is 2. The van der Waals surface area contributed by atoms with Crippen molar-refractivity contribution in [2.75, 3.05) is 26.7 Å². The largest absolute Gasteiger partial charge is 0.486 e. The highest BCUT2D eigenvalue weighted by molar-refractivity contribution is 5.42. The molecule has 3 nitrogen and oxygen atoms in total. The van der Waals surface area contributed by atoms with Gasteiger partial charge in [0.25, 0.3) is 0 Å². The van der Waals surface area contributed by atoms with E-state index in [1.54, 1.807) is 0 Å². The highest BCUT2D eigenvalue weighted by Gasteiger charge is 2.32. The highest BCUT2D eigenvalue weighted by atomic mass is 16.5. The van der Waals surface area contributed by atoms with Crippen LogP contribution in [0.4, 0.5) is 0 Å². The number of benzene rings is 1. The van der Waals surface area contributed by atoms with Crippen molar-refractivity contribution in [2.24, 2.45) is 0 Å². The Bertz CT molecular complexity index is 460. The van der Waals surface area contributed by atoms with E-state index in [9.17, 15) is 0 Å². The monoisotopic (exact) mass is 260 g/mol. The summed E-state index contributed by atoms with van der Waals surface area (Å²) in [5.41, 5.74) is 2.78. The van der Waals surface area contributed by atoms with E-state index in [0.717, 1.165) is 38.2 Å². The molecule has 0 amide bonds. The average molecular weight is 260 g/mol. The van der Waals surface area contributed by atoms with Gasteiger partial charge in [-0.25, -0.2) is 0 Å². The predicted molar refractivity (Wildman–Crippen MR) is 77.6 cm³/mol. The zero-order chi connectivity index (χ0) is 13.3. The molecule has 2 aliphatic rings. The number of likely N-dealkylation sites (tertiary alicyclic amines) is 1. The maximum atomic E-state index is 6.44. The predicted octanol–water partition coefficient (Wildman–Crippen LogP) is 2.20. The molecule has 3 rings (SSSR count). The molecule has 2 aliphatic heterocycles. The molecule has 104 valence electrons. The summed E-state index contributed by atoms with van der Waals surface area (Å²) >= 11 is 0. The minimum atomic E-state index is -0.0347. The van der Waals surface area contributed by atoms with Gasteiger partial charge in [-0.15, -0.1) is 0 Å². The van der Waals surface area contributed by atoms with Crippen LogP contribution in [-0.4, -0.2) is 37.2 Å². The fourth-order valence-corrected chi connectivity index (χ4v) is 3.39. The Labute approximate surface area is 115 Å². The van der Waals surface area contributed by atoms with Gasteiger partial charge in [-0.3, -0.25) is 0 Å². The molecular weight excluding hydrogens is 236 g/mol. The quantitative estimate of drug-likeness (QED) is 0.882. The zero-order valence-corrected chi connectivity index (χ0v) is 12.0. The lowest BCUT2D eigenvalue weighted by molar-refractivity contribution is 0.0147. The molecule has 1 aromatic carbocycles. The van der Waals surface area contributed by atoms with Crippen LogP contribution in [0.1, 0.15) is 30.9 Å². The van der Waals surface area contributed by atoms with E-state index in [1.165, 1.54) is 24.1 Å². The van der Waals surface area contributed by atoms with Gasteiger partial charge in [0.1, 0.15) is 11.4 Å². The second kappa shape index (κ2) is 5.14. The van der Waals surface area contributed by atoms with Crippen LogP contribution in [-0.2, 0) is 13.0 Å². The van der Waals surface area contributed by atoms with Crippen molar-refractivity contribution in [3.8, 4) is 5.75 Å². The third-order valence-corrected chi connectivity index (χ3v) is 4.30.